The maximum absolute atomic E-state index is 12.5. The molecule has 0 spiro atoms. The Morgan fingerprint density at radius 2 is 1.78 bits per heavy atom. The van der Waals surface area contributed by atoms with E-state index in [0.29, 0.717) is 29.6 Å². The third-order valence-electron chi connectivity index (χ3n) is 5.55. The highest BCUT2D eigenvalue weighted by molar-refractivity contribution is 14.1. The van der Waals surface area contributed by atoms with Gasteiger partial charge in [0, 0.05) is 17.1 Å². The van der Waals surface area contributed by atoms with Crippen molar-refractivity contribution in [2.45, 2.75) is 27.4 Å². The van der Waals surface area contributed by atoms with Gasteiger partial charge in [-0.15, -0.1) is 0 Å². The maximum atomic E-state index is 12.5. The summed E-state index contributed by atoms with van der Waals surface area (Å²) in [5.74, 6) is 2.20. The molecule has 0 aliphatic carbocycles. The third kappa shape index (κ3) is 6.34. The molecule has 0 saturated carbocycles. The van der Waals surface area contributed by atoms with Gasteiger partial charge in [0.25, 0.3) is 0 Å². The average molecular weight is 613 g/mol. The molecule has 1 N–H and O–H groups in total. The highest BCUT2D eigenvalue weighted by Crippen LogP contribution is 2.33. The van der Waals surface area contributed by atoms with Gasteiger partial charge in [-0.05, 0) is 110 Å². The molecule has 0 fully saturated rings. The molecule has 0 aliphatic rings. The van der Waals surface area contributed by atoms with E-state index in [-0.39, 0.29) is 12.4 Å². The number of aromatic nitrogens is 1. The van der Waals surface area contributed by atoms with E-state index in [2.05, 4.69) is 63.7 Å². The van der Waals surface area contributed by atoms with Crippen LogP contribution in [-0.4, -0.2) is 30.4 Å². The molecule has 192 valence electrons. The van der Waals surface area contributed by atoms with Crippen molar-refractivity contribution in [2.24, 2.45) is 5.10 Å². The minimum absolute atomic E-state index is 0.143. The average Bonchev–Trinajstić information content (AvgIpc) is 3.49. The quantitative estimate of drug-likeness (QED) is 0.134. The number of aryl methyl sites for hydroxylation is 2. The molecular weight excluding hydrogens is 585 g/mol. The minimum Gasteiger partial charge on any atom is -0.492 e. The van der Waals surface area contributed by atoms with Crippen LogP contribution >= 0.6 is 22.6 Å². The van der Waals surface area contributed by atoms with Crippen LogP contribution in [0.4, 0.5) is 0 Å². The van der Waals surface area contributed by atoms with Crippen LogP contribution in [0.25, 0.3) is 5.69 Å². The highest BCUT2D eigenvalue weighted by atomic mass is 127. The van der Waals surface area contributed by atoms with E-state index in [1.54, 1.807) is 25.3 Å². The van der Waals surface area contributed by atoms with Crippen molar-refractivity contribution in [1.29, 1.82) is 0 Å². The second kappa shape index (κ2) is 12.0. The summed E-state index contributed by atoms with van der Waals surface area (Å²) < 4.78 is 25.5. The van der Waals surface area contributed by atoms with Gasteiger partial charge >= 0.3 is 5.91 Å². The Bertz CT molecular complexity index is 1390. The van der Waals surface area contributed by atoms with E-state index < -0.39 is 5.91 Å². The Balaban J connectivity index is 1.33. The standard InChI is InChI=1S/C28H28IN3O5/c1-5-35-26-15-20(14-24(29)27(26)34-4)16-30-31-28(33)25-13-12-23(37-25)17-36-22-10-8-21(9-11-22)32-18(2)6-7-19(32)3/h6-16H,5,17H2,1-4H3,(H,31,33)/b30-16+. The first-order chi connectivity index (χ1) is 17.9. The summed E-state index contributed by atoms with van der Waals surface area (Å²) in [5.41, 5.74) is 6.66. The van der Waals surface area contributed by atoms with Crippen molar-refractivity contribution in [2.75, 3.05) is 13.7 Å². The molecule has 2 heterocycles. The zero-order valence-corrected chi connectivity index (χ0v) is 23.2. The second-order valence-corrected chi connectivity index (χ2v) is 9.33. The molecule has 2 aromatic heterocycles. The van der Waals surface area contributed by atoms with E-state index >= 15 is 0 Å². The Kier molecular flexibility index (Phi) is 8.54. The molecule has 0 bridgehead atoms. The van der Waals surface area contributed by atoms with Crippen molar-refractivity contribution in [3.63, 3.8) is 0 Å². The number of hydrogen-bond acceptors (Lipinski definition) is 6. The molecule has 4 rings (SSSR count). The second-order valence-electron chi connectivity index (χ2n) is 8.17. The van der Waals surface area contributed by atoms with Crippen molar-refractivity contribution in [3.05, 3.63) is 92.7 Å². The summed E-state index contributed by atoms with van der Waals surface area (Å²) >= 11 is 2.16. The highest BCUT2D eigenvalue weighted by Gasteiger charge is 2.13. The van der Waals surface area contributed by atoms with Crippen LogP contribution in [0.5, 0.6) is 17.2 Å². The van der Waals surface area contributed by atoms with E-state index in [1.165, 1.54) is 17.6 Å². The topological polar surface area (TPSA) is 87.2 Å². The van der Waals surface area contributed by atoms with Gasteiger partial charge in [-0.3, -0.25) is 4.79 Å². The van der Waals surface area contributed by atoms with E-state index in [4.69, 9.17) is 18.6 Å². The molecular formula is C28H28IN3O5. The van der Waals surface area contributed by atoms with Gasteiger partial charge in [-0.2, -0.15) is 5.10 Å². The van der Waals surface area contributed by atoms with Gasteiger partial charge in [0.05, 0.1) is 23.5 Å². The fourth-order valence-electron chi connectivity index (χ4n) is 3.84. The number of amides is 1. The Morgan fingerprint density at radius 3 is 2.46 bits per heavy atom. The van der Waals surface area contributed by atoms with Gasteiger partial charge in [0.15, 0.2) is 17.3 Å². The van der Waals surface area contributed by atoms with Gasteiger partial charge in [0.2, 0.25) is 0 Å². The Morgan fingerprint density at radius 1 is 1.05 bits per heavy atom. The minimum atomic E-state index is -0.461. The van der Waals surface area contributed by atoms with Gasteiger partial charge in [0.1, 0.15) is 18.1 Å². The van der Waals surface area contributed by atoms with Gasteiger partial charge in [-0.25, -0.2) is 5.43 Å². The number of nitrogens with one attached hydrogen (secondary N) is 1. The molecule has 0 saturated heterocycles. The number of methoxy groups -OCH3 is 1. The normalized spacial score (nSPS) is 11.1. The van der Waals surface area contributed by atoms with Gasteiger partial charge < -0.3 is 23.2 Å². The van der Waals surface area contributed by atoms with Crippen LogP contribution in [0, 0.1) is 17.4 Å². The Hall–Kier alpha value is -3.73. The monoisotopic (exact) mass is 613 g/mol. The number of furan rings is 1. The lowest BCUT2D eigenvalue weighted by molar-refractivity contribution is 0.0923. The third-order valence-corrected chi connectivity index (χ3v) is 6.35. The van der Waals surface area contributed by atoms with E-state index in [9.17, 15) is 4.79 Å². The van der Waals surface area contributed by atoms with Crippen LogP contribution in [-0.2, 0) is 6.61 Å². The molecule has 37 heavy (non-hydrogen) atoms. The summed E-state index contributed by atoms with van der Waals surface area (Å²) in [6, 6.07) is 19.0. The van der Waals surface area contributed by atoms with Gasteiger partial charge in [-0.1, -0.05) is 0 Å². The molecule has 9 heteroatoms. The summed E-state index contributed by atoms with van der Waals surface area (Å²) in [7, 11) is 1.60. The van der Waals surface area contributed by atoms with Crippen molar-refractivity contribution >= 4 is 34.7 Å². The van der Waals surface area contributed by atoms with Crippen LogP contribution in [0.3, 0.4) is 0 Å². The summed E-state index contributed by atoms with van der Waals surface area (Å²) in [6.45, 7) is 6.75. The van der Waals surface area contributed by atoms with E-state index in [0.717, 1.165) is 14.8 Å². The molecule has 0 atom stereocenters. The molecule has 0 unspecified atom stereocenters. The first-order valence-electron chi connectivity index (χ1n) is 11.7. The number of hydrogen-bond donors (Lipinski definition) is 1. The fourth-order valence-corrected chi connectivity index (χ4v) is 4.69. The maximum Gasteiger partial charge on any atom is 0.307 e. The number of halogens is 1. The molecule has 2 aromatic carbocycles. The predicted molar refractivity (Wildman–Crippen MR) is 150 cm³/mol. The Labute approximate surface area is 229 Å². The van der Waals surface area contributed by atoms with Crippen molar-refractivity contribution in [1.82, 2.24) is 9.99 Å². The van der Waals surface area contributed by atoms with Crippen LogP contribution in [0.15, 0.2) is 70.2 Å². The van der Waals surface area contributed by atoms with Crippen molar-refractivity contribution in [3.8, 4) is 22.9 Å². The number of carbonyl (C=O) groups is 1. The van der Waals surface area contributed by atoms with Crippen molar-refractivity contribution < 1.29 is 23.4 Å². The number of nitrogens with zero attached hydrogens (tertiary/aromatic N) is 2. The number of rotatable bonds is 10. The molecule has 0 aliphatic heterocycles. The zero-order chi connectivity index (χ0) is 26.4. The molecule has 1 amide bonds. The summed E-state index contributed by atoms with van der Waals surface area (Å²) in [4.78, 5) is 12.5. The number of benzene rings is 2. The fraction of sp³-hybridized carbons (Fsp3) is 0.214. The summed E-state index contributed by atoms with van der Waals surface area (Å²) in [5, 5.41) is 4.04. The van der Waals surface area contributed by atoms with E-state index in [1.807, 2.05) is 37.3 Å². The molecule has 4 aromatic rings. The first kappa shape index (κ1) is 26.3. The summed E-state index contributed by atoms with van der Waals surface area (Å²) in [6.07, 6.45) is 1.54. The molecule has 8 nitrogen and oxygen atoms in total. The smallest absolute Gasteiger partial charge is 0.307 e. The number of carbonyl (C=O) groups excluding carboxylic acids is 1. The van der Waals surface area contributed by atoms with Crippen LogP contribution in [0.1, 0.15) is 40.2 Å². The van der Waals surface area contributed by atoms with Crippen LogP contribution in [0.2, 0.25) is 0 Å². The number of hydrazone groups is 1. The predicted octanol–water partition coefficient (Wildman–Crippen LogP) is 6.04. The SMILES string of the molecule is CCOc1cc(/C=N/NC(=O)c2ccc(COc3ccc(-n4c(C)ccc4C)cc3)o2)cc(I)c1OC. The lowest BCUT2D eigenvalue weighted by Gasteiger charge is -2.11. The molecule has 0 radical (unpaired) electrons. The first-order valence-corrected chi connectivity index (χ1v) is 12.8. The lowest BCUT2D eigenvalue weighted by atomic mass is 10.2. The zero-order valence-electron chi connectivity index (χ0n) is 21.1. The lowest BCUT2D eigenvalue weighted by Crippen LogP contribution is -2.16. The largest absolute Gasteiger partial charge is 0.492 e. The number of ether oxygens (including phenoxy) is 3. The van der Waals surface area contributed by atoms with Crippen LogP contribution < -0.4 is 19.6 Å².